The summed E-state index contributed by atoms with van der Waals surface area (Å²) in [7, 11) is -6.48. The predicted molar refractivity (Wildman–Crippen MR) is 124 cm³/mol. The van der Waals surface area contributed by atoms with Crippen LogP contribution in [0.2, 0.25) is 0 Å². The van der Waals surface area contributed by atoms with E-state index in [0.717, 1.165) is 22.0 Å². The Morgan fingerprint density at radius 1 is 1.12 bits per heavy atom. The van der Waals surface area contributed by atoms with Gasteiger partial charge in [-0.25, -0.2) is 25.9 Å². The molecule has 0 saturated carbocycles. The first-order chi connectivity index (χ1) is 16.0. The van der Waals surface area contributed by atoms with E-state index in [1.165, 1.54) is 25.3 Å². The van der Waals surface area contributed by atoms with Crippen LogP contribution in [0.25, 0.3) is 0 Å². The lowest BCUT2D eigenvalue weighted by Crippen LogP contribution is -2.46. The fourth-order valence-corrected chi connectivity index (χ4v) is 6.40. The molecule has 0 radical (unpaired) electrons. The molecule has 9 nitrogen and oxygen atoms in total. The van der Waals surface area contributed by atoms with Crippen molar-refractivity contribution in [1.82, 2.24) is 14.3 Å². The fourth-order valence-electron chi connectivity index (χ4n) is 3.68. The number of ether oxygens (including phenoxy) is 1. The molecule has 0 aromatic heterocycles. The van der Waals surface area contributed by atoms with Gasteiger partial charge in [-0.2, -0.15) is 4.31 Å². The van der Waals surface area contributed by atoms with Crippen LogP contribution in [0.1, 0.15) is 18.4 Å². The number of hydrogen-bond acceptors (Lipinski definition) is 6. The van der Waals surface area contributed by atoms with Crippen LogP contribution in [-0.4, -0.2) is 60.3 Å². The van der Waals surface area contributed by atoms with Crippen LogP contribution < -0.4 is 14.8 Å². The number of carbonyl (C=O) groups excluding carboxylic acids is 1. The average molecular weight is 514 g/mol. The molecule has 1 aliphatic heterocycles. The van der Waals surface area contributed by atoms with E-state index in [4.69, 9.17) is 4.74 Å². The average Bonchev–Trinajstić information content (AvgIpc) is 2.82. The van der Waals surface area contributed by atoms with E-state index in [9.17, 15) is 26.0 Å². The third kappa shape index (κ3) is 6.12. The van der Waals surface area contributed by atoms with Crippen LogP contribution in [0.3, 0.4) is 0 Å². The molecule has 34 heavy (non-hydrogen) atoms. The SMILES string of the molecule is COc1ccc(F)cc1S(=O)(=O)N1CCC[C@H](C(=O)NCCNS(=O)(=O)c2ccc(C)cc2)C1. The lowest BCUT2D eigenvalue weighted by molar-refractivity contribution is -0.126. The molecule has 2 aromatic rings. The highest BCUT2D eigenvalue weighted by Crippen LogP contribution is 2.30. The van der Waals surface area contributed by atoms with Gasteiger partial charge < -0.3 is 10.1 Å². The van der Waals surface area contributed by atoms with Crippen LogP contribution in [0.5, 0.6) is 5.75 Å². The first-order valence-corrected chi connectivity index (χ1v) is 13.6. The van der Waals surface area contributed by atoms with Crippen LogP contribution in [-0.2, 0) is 24.8 Å². The molecule has 1 atom stereocenters. The van der Waals surface area contributed by atoms with Gasteiger partial charge in [-0.3, -0.25) is 4.79 Å². The Kier molecular flexibility index (Phi) is 8.29. The Balaban J connectivity index is 1.57. The smallest absolute Gasteiger partial charge is 0.246 e. The number of hydrogen-bond donors (Lipinski definition) is 2. The number of nitrogens with one attached hydrogen (secondary N) is 2. The number of piperidine rings is 1. The number of amides is 1. The molecule has 0 spiro atoms. The maximum atomic E-state index is 13.7. The van der Waals surface area contributed by atoms with Crippen molar-refractivity contribution in [2.24, 2.45) is 5.92 Å². The lowest BCUT2D eigenvalue weighted by Gasteiger charge is -2.31. The van der Waals surface area contributed by atoms with Crippen LogP contribution in [0.15, 0.2) is 52.3 Å². The van der Waals surface area contributed by atoms with Crippen molar-refractivity contribution in [2.45, 2.75) is 29.6 Å². The van der Waals surface area contributed by atoms with Gasteiger partial charge in [0.1, 0.15) is 16.5 Å². The molecular weight excluding hydrogens is 485 g/mol. The summed E-state index contributed by atoms with van der Waals surface area (Å²) in [6.45, 7) is 2.01. The summed E-state index contributed by atoms with van der Waals surface area (Å²) in [6, 6.07) is 9.64. The van der Waals surface area contributed by atoms with Crippen LogP contribution >= 0.6 is 0 Å². The van der Waals surface area contributed by atoms with E-state index in [1.807, 2.05) is 6.92 Å². The fraction of sp³-hybridized carbons (Fsp3) is 0.409. The van der Waals surface area contributed by atoms with E-state index >= 15 is 0 Å². The number of benzene rings is 2. The summed E-state index contributed by atoms with van der Waals surface area (Å²) in [4.78, 5) is 12.5. The lowest BCUT2D eigenvalue weighted by atomic mass is 9.99. The normalized spacial score (nSPS) is 17.3. The molecule has 1 amide bonds. The second-order valence-corrected chi connectivity index (χ2v) is 11.7. The molecule has 0 bridgehead atoms. The van der Waals surface area contributed by atoms with E-state index in [1.54, 1.807) is 12.1 Å². The molecule has 2 N–H and O–H groups in total. The highest BCUT2D eigenvalue weighted by atomic mass is 32.2. The second kappa shape index (κ2) is 10.8. The second-order valence-electron chi connectivity index (χ2n) is 8.00. The van der Waals surface area contributed by atoms with Gasteiger partial charge in [-0.1, -0.05) is 17.7 Å². The summed E-state index contributed by atoms with van der Waals surface area (Å²) >= 11 is 0. The van der Waals surface area contributed by atoms with Crippen molar-refractivity contribution in [3.05, 3.63) is 53.8 Å². The molecule has 186 valence electrons. The molecule has 12 heteroatoms. The molecule has 0 unspecified atom stereocenters. The van der Waals surface area contributed by atoms with Crippen LogP contribution in [0, 0.1) is 18.7 Å². The molecule has 2 aromatic carbocycles. The zero-order valence-electron chi connectivity index (χ0n) is 19.0. The number of carbonyl (C=O) groups is 1. The van der Waals surface area contributed by atoms with E-state index in [2.05, 4.69) is 10.0 Å². The van der Waals surface area contributed by atoms with Crippen molar-refractivity contribution in [3.63, 3.8) is 0 Å². The maximum absolute atomic E-state index is 13.7. The largest absolute Gasteiger partial charge is 0.495 e. The van der Waals surface area contributed by atoms with Gasteiger partial charge in [0.05, 0.1) is 17.9 Å². The quantitative estimate of drug-likeness (QED) is 0.492. The van der Waals surface area contributed by atoms with E-state index < -0.39 is 31.8 Å². The Bertz CT molecular complexity index is 1230. The highest BCUT2D eigenvalue weighted by Gasteiger charge is 2.35. The van der Waals surface area contributed by atoms with E-state index in [-0.39, 0.29) is 47.6 Å². The van der Waals surface area contributed by atoms with Gasteiger partial charge in [0.2, 0.25) is 26.0 Å². The van der Waals surface area contributed by atoms with Gasteiger partial charge in [0, 0.05) is 26.2 Å². The van der Waals surface area contributed by atoms with Gasteiger partial charge in [-0.15, -0.1) is 0 Å². The van der Waals surface area contributed by atoms with E-state index in [0.29, 0.717) is 12.8 Å². The van der Waals surface area contributed by atoms with Gasteiger partial charge >= 0.3 is 0 Å². The number of rotatable bonds is 9. The van der Waals surface area contributed by atoms with Crippen molar-refractivity contribution >= 4 is 26.0 Å². The third-order valence-corrected chi connectivity index (χ3v) is 8.91. The minimum Gasteiger partial charge on any atom is -0.495 e. The Morgan fingerprint density at radius 3 is 2.50 bits per heavy atom. The van der Waals surface area contributed by atoms with Crippen molar-refractivity contribution in [3.8, 4) is 5.75 Å². The molecule has 1 fully saturated rings. The molecule has 1 heterocycles. The van der Waals surface area contributed by atoms with Crippen molar-refractivity contribution in [2.75, 3.05) is 33.3 Å². The third-order valence-electron chi connectivity index (χ3n) is 5.55. The summed E-state index contributed by atoms with van der Waals surface area (Å²) in [6.07, 6.45) is 0.933. The number of nitrogens with zero attached hydrogens (tertiary/aromatic N) is 1. The molecule has 1 aliphatic rings. The first kappa shape index (κ1) is 26.1. The number of methoxy groups -OCH3 is 1. The number of halogens is 1. The topological polar surface area (TPSA) is 122 Å². The number of aryl methyl sites for hydroxylation is 1. The summed E-state index contributed by atoms with van der Waals surface area (Å²) < 4.78 is 73.2. The standard InChI is InChI=1S/C22H28FN3O6S2/c1-16-5-8-19(9-6-16)33(28,29)25-12-11-24-22(27)17-4-3-13-26(15-17)34(30,31)21-14-18(23)7-10-20(21)32-2/h5-10,14,17,25H,3-4,11-13,15H2,1-2H3,(H,24,27)/t17-/m0/s1. The zero-order valence-corrected chi connectivity index (χ0v) is 20.6. The summed E-state index contributed by atoms with van der Waals surface area (Å²) in [5.41, 5.74) is 0.936. The molecule has 3 rings (SSSR count). The van der Waals surface area contributed by atoms with Crippen molar-refractivity contribution in [1.29, 1.82) is 0 Å². The summed E-state index contributed by atoms with van der Waals surface area (Å²) in [5.74, 6) is -1.68. The van der Waals surface area contributed by atoms with Gasteiger partial charge in [0.15, 0.2) is 0 Å². The minimum atomic E-state index is -4.08. The zero-order chi connectivity index (χ0) is 24.9. The molecule has 0 aliphatic carbocycles. The first-order valence-electron chi connectivity index (χ1n) is 10.7. The van der Waals surface area contributed by atoms with Crippen molar-refractivity contribution < 1.29 is 30.8 Å². The van der Waals surface area contributed by atoms with Crippen LogP contribution in [0.4, 0.5) is 4.39 Å². The Morgan fingerprint density at radius 2 is 1.82 bits per heavy atom. The minimum absolute atomic E-state index is 0.0167. The predicted octanol–water partition coefficient (Wildman–Crippen LogP) is 1.64. The summed E-state index contributed by atoms with van der Waals surface area (Å²) in [5, 5.41) is 2.66. The van der Waals surface area contributed by atoms with Gasteiger partial charge in [-0.05, 0) is 50.1 Å². The monoisotopic (exact) mass is 513 g/mol. The molecule has 1 saturated heterocycles. The Labute approximate surface area is 199 Å². The number of sulfonamides is 2. The Hall–Kier alpha value is -2.54. The molecular formula is C22H28FN3O6S2. The van der Waals surface area contributed by atoms with Gasteiger partial charge in [0.25, 0.3) is 0 Å². The maximum Gasteiger partial charge on any atom is 0.246 e. The highest BCUT2D eigenvalue weighted by molar-refractivity contribution is 7.89.